The van der Waals surface area contributed by atoms with Crippen molar-refractivity contribution in [2.24, 2.45) is 11.8 Å². The SMILES string of the molecule is CCCNc1cc(NCC2CCC(C)C2)nc(C2CC2)n1. The van der Waals surface area contributed by atoms with Crippen LogP contribution in [0.1, 0.15) is 64.1 Å². The summed E-state index contributed by atoms with van der Waals surface area (Å²) < 4.78 is 0. The summed E-state index contributed by atoms with van der Waals surface area (Å²) in [6, 6.07) is 2.07. The Balaban J connectivity index is 1.63. The number of nitrogens with one attached hydrogen (secondary N) is 2. The maximum atomic E-state index is 4.72. The fourth-order valence-corrected chi connectivity index (χ4v) is 3.18. The van der Waals surface area contributed by atoms with Crippen molar-refractivity contribution in [3.8, 4) is 0 Å². The Morgan fingerprint density at radius 1 is 1.10 bits per heavy atom. The Labute approximate surface area is 128 Å². The number of aromatic nitrogens is 2. The average Bonchev–Trinajstić information content (AvgIpc) is 3.26. The van der Waals surface area contributed by atoms with Gasteiger partial charge < -0.3 is 10.6 Å². The molecule has 0 bridgehead atoms. The van der Waals surface area contributed by atoms with Crippen LogP contribution in [0.25, 0.3) is 0 Å². The summed E-state index contributed by atoms with van der Waals surface area (Å²) >= 11 is 0. The first kappa shape index (κ1) is 14.6. The summed E-state index contributed by atoms with van der Waals surface area (Å²) in [5.41, 5.74) is 0. The van der Waals surface area contributed by atoms with Crippen LogP contribution in [0.15, 0.2) is 6.07 Å². The number of hydrogen-bond donors (Lipinski definition) is 2. The van der Waals surface area contributed by atoms with Gasteiger partial charge >= 0.3 is 0 Å². The van der Waals surface area contributed by atoms with Gasteiger partial charge in [0.25, 0.3) is 0 Å². The van der Waals surface area contributed by atoms with Gasteiger partial charge in [0.05, 0.1) is 0 Å². The van der Waals surface area contributed by atoms with E-state index in [-0.39, 0.29) is 0 Å². The summed E-state index contributed by atoms with van der Waals surface area (Å²) in [7, 11) is 0. The fourth-order valence-electron chi connectivity index (χ4n) is 3.18. The Hall–Kier alpha value is -1.32. The van der Waals surface area contributed by atoms with Crippen LogP contribution in [-0.4, -0.2) is 23.1 Å². The molecule has 2 fully saturated rings. The van der Waals surface area contributed by atoms with E-state index in [9.17, 15) is 0 Å². The lowest BCUT2D eigenvalue weighted by Crippen LogP contribution is -2.14. The number of rotatable bonds is 7. The van der Waals surface area contributed by atoms with Crippen LogP contribution in [0.3, 0.4) is 0 Å². The molecule has 2 atom stereocenters. The van der Waals surface area contributed by atoms with Crippen LogP contribution in [0.4, 0.5) is 11.6 Å². The number of hydrogen-bond acceptors (Lipinski definition) is 4. The molecule has 0 aromatic carbocycles. The van der Waals surface area contributed by atoms with Gasteiger partial charge in [-0.15, -0.1) is 0 Å². The molecule has 4 nitrogen and oxygen atoms in total. The molecule has 1 aromatic rings. The van der Waals surface area contributed by atoms with Crippen LogP contribution in [0, 0.1) is 11.8 Å². The van der Waals surface area contributed by atoms with Gasteiger partial charge in [0.15, 0.2) is 0 Å². The molecule has 2 aliphatic rings. The Morgan fingerprint density at radius 3 is 2.48 bits per heavy atom. The zero-order chi connectivity index (χ0) is 14.7. The minimum Gasteiger partial charge on any atom is -0.370 e. The molecule has 0 radical (unpaired) electrons. The van der Waals surface area contributed by atoms with Gasteiger partial charge in [-0.25, -0.2) is 9.97 Å². The molecule has 1 heterocycles. The third-order valence-corrected chi connectivity index (χ3v) is 4.62. The molecule has 2 N–H and O–H groups in total. The summed E-state index contributed by atoms with van der Waals surface area (Å²) in [6.07, 6.45) is 7.70. The lowest BCUT2D eigenvalue weighted by atomic mass is 10.1. The summed E-state index contributed by atoms with van der Waals surface area (Å²) in [4.78, 5) is 9.38. The first-order chi connectivity index (χ1) is 10.2. The third-order valence-electron chi connectivity index (χ3n) is 4.62. The predicted octanol–water partition coefficient (Wildman–Crippen LogP) is 4.02. The summed E-state index contributed by atoms with van der Waals surface area (Å²) in [5.74, 6) is 5.32. The highest BCUT2D eigenvalue weighted by Gasteiger charge is 2.27. The van der Waals surface area contributed by atoms with E-state index in [4.69, 9.17) is 4.98 Å². The van der Waals surface area contributed by atoms with E-state index >= 15 is 0 Å². The minimum absolute atomic E-state index is 0.598. The van der Waals surface area contributed by atoms with Crippen LogP contribution in [0.2, 0.25) is 0 Å². The van der Waals surface area contributed by atoms with Gasteiger partial charge in [0.2, 0.25) is 0 Å². The van der Waals surface area contributed by atoms with Gasteiger partial charge in [0.1, 0.15) is 17.5 Å². The molecule has 2 aliphatic carbocycles. The Kier molecular flexibility index (Phi) is 4.61. The Bertz CT molecular complexity index is 470. The third kappa shape index (κ3) is 4.08. The second-order valence-electron chi connectivity index (χ2n) is 6.86. The molecule has 0 amide bonds. The second-order valence-corrected chi connectivity index (χ2v) is 6.86. The standard InChI is InChI=1S/C17H28N4/c1-3-8-18-15-10-16(21-17(20-15)14-6-7-14)19-11-13-5-4-12(2)9-13/h10,12-14H,3-9,11H2,1-2H3,(H2,18,19,20,21). The molecule has 4 heteroatoms. The minimum atomic E-state index is 0.598. The molecular weight excluding hydrogens is 260 g/mol. The van der Waals surface area contributed by atoms with Crippen molar-refractivity contribution in [1.82, 2.24) is 9.97 Å². The first-order valence-electron chi connectivity index (χ1n) is 8.61. The predicted molar refractivity (Wildman–Crippen MR) is 87.8 cm³/mol. The molecular formula is C17H28N4. The molecule has 21 heavy (non-hydrogen) atoms. The average molecular weight is 288 g/mol. The molecule has 2 saturated carbocycles. The van der Waals surface area contributed by atoms with Crippen molar-refractivity contribution >= 4 is 11.6 Å². The largest absolute Gasteiger partial charge is 0.370 e. The fraction of sp³-hybridized carbons (Fsp3) is 0.765. The highest BCUT2D eigenvalue weighted by molar-refractivity contribution is 5.48. The van der Waals surface area contributed by atoms with E-state index in [0.29, 0.717) is 5.92 Å². The van der Waals surface area contributed by atoms with Gasteiger partial charge in [-0.2, -0.15) is 0 Å². The topological polar surface area (TPSA) is 49.8 Å². The van der Waals surface area contributed by atoms with Crippen molar-refractivity contribution in [1.29, 1.82) is 0 Å². The van der Waals surface area contributed by atoms with Gasteiger partial charge in [-0.1, -0.05) is 20.3 Å². The smallest absolute Gasteiger partial charge is 0.136 e. The van der Waals surface area contributed by atoms with E-state index < -0.39 is 0 Å². The molecule has 2 unspecified atom stereocenters. The monoisotopic (exact) mass is 288 g/mol. The maximum absolute atomic E-state index is 4.72. The van der Waals surface area contributed by atoms with Crippen LogP contribution in [-0.2, 0) is 0 Å². The number of nitrogens with zero attached hydrogens (tertiary/aromatic N) is 2. The maximum Gasteiger partial charge on any atom is 0.136 e. The quantitative estimate of drug-likeness (QED) is 0.795. The van der Waals surface area contributed by atoms with Crippen LogP contribution in [0.5, 0.6) is 0 Å². The van der Waals surface area contributed by atoms with E-state index in [2.05, 4.69) is 35.5 Å². The second kappa shape index (κ2) is 6.63. The van der Waals surface area contributed by atoms with Crippen molar-refractivity contribution in [2.45, 2.75) is 58.3 Å². The number of anilines is 2. The molecule has 1 aromatic heterocycles. The van der Waals surface area contributed by atoms with E-state index in [0.717, 1.165) is 48.8 Å². The van der Waals surface area contributed by atoms with E-state index in [1.807, 2.05) is 0 Å². The molecule has 0 saturated heterocycles. The lowest BCUT2D eigenvalue weighted by molar-refractivity contribution is 0.536. The zero-order valence-corrected chi connectivity index (χ0v) is 13.4. The highest BCUT2D eigenvalue weighted by Crippen LogP contribution is 2.39. The highest BCUT2D eigenvalue weighted by atomic mass is 15.1. The van der Waals surface area contributed by atoms with E-state index in [1.54, 1.807) is 0 Å². The van der Waals surface area contributed by atoms with Gasteiger partial charge in [-0.05, 0) is 43.9 Å². The lowest BCUT2D eigenvalue weighted by Gasteiger charge is -2.14. The van der Waals surface area contributed by atoms with Crippen molar-refractivity contribution in [2.75, 3.05) is 23.7 Å². The van der Waals surface area contributed by atoms with Crippen molar-refractivity contribution in [3.63, 3.8) is 0 Å². The van der Waals surface area contributed by atoms with Crippen LogP contribution >= 0.6 is 0 Å². The first-order valence-corrected chi connectivity index (χ1v) is 8.61. The molecule has 0 aliphatic heterocycles. The van der Waals surface area contributed by atoms with Gasteiger partial charge in [0, 0.05) is 25.1 Å². The van der Waals surface area contributed by atoms with Crippen molar-refractivity contribution < 1.29 is 0 Å². The molecule has 3 rings (SSSR count). The van der Waals surface area contributed by atoms with Crippen LogP contribution < -0.4 is 10.6 Å². The normalized spacial score (nSPS) is 25.0. The van der Waals surface area contributed by atoms with Gasteiger partial charge in [-0.3, -0.25) is 0 Å². The summed E-state index contributed by atoms with van der Waals surface area (Å²) in [6.45, 7) is 6.57. The zero-order valence-electron chi connectivity index (χ0n) is 13.4. The molecule has 116 valence electrons. The van der Waals surface area contributed by atoms with E-state index in [1.165, 1.54) is 32.1 Å². The van der Waals surface area contributed by atoms with Crippen molar-refractivity contribution in [3.05, 3.63) is 11.9 Å². The summed E-state index contributed by atoms with van der Waals surface area (Å²) in [5, 5.41) is 6.96. The molecule has 0 spiro atoms. The Morgan fingerprint density at radius 2 is 1.86 bits per heavy atom.